The first-order valence-electron chi connectivity index (χ1n) is 5.26. The monoisotopic (exact) mass is 207 g/mol. The van der Waals surface area contributed by atoms with Crippen molar-refractivity contribution in [2.45, 2.75) is 33.7 Å². The van der Waals surface area contributed by atoms with Crippen LogP contribution in [0.1, 0.15) is 37.6 Å². The van der Waals surface area contributed by atoms with Gasteiger partial charge in [-0.3, -0.25) is 9.59 Å². The standard InChI is InChI=1S/C12H17NO2/c1-4-9(2)7-13-8-11(10(3)14)5-6-12(13)15/h5-6,8-9H,4,7H2,1-3H3. The Bertz CT molecular complexity index is 406. The number of nitrogens with zero attached hydrogens (tertiary/aromatic N) is 1. The average Bonchev–Trinajstić information content (AvgIpc) is 2.20. The third-order valence-electron chi connectivity index (χ3n) is 2.60. The van der Waals surface area contributed by atoms with Gasteiger partial charge in [0.25, 0.3) is 5.56 Å². The lowest BCUT2D eigenvalue weighted by molar-refractivity contribution is 0.101. The van der Waals surface area contributed by atoms with E-state index in [-0.39, 0.29) is 11.3 Å². The molecule has 0 saturated heterocycles. The minimum absolute atomic E-state index is 0.00657. The van der Waals surface area contributed by atoms with E-state index in [1.165, 1.54) is 13.0 Å². The summed E-state index contributed by atoms with van der Waals surface area (Å²) in [4.78, 5) is 22.6. The predicted octanol–water partition coefficient (Wildman–Crippen LogP) is 2.10. The topological polar surface area (TPSA) is 39.1 Å². The molecule has 15 heavy (non-hydrogen) atoms. The molecule has 0 fully saturated rings. The first kappa shape index (κ1) is 11.7. The summed E-state index contributed by atoms with van der Waals surface area (Å²) in [5, 5.41) is 0. The van der Waals surface area contributed by atoms with Crippen molar-refractivity contribution >= 4 is 5.78 Å². The molecule has 0 aliphatic heterocycles. The highest BCUT2D eigenvalue weighted by Gasteiger charge is 2.05. The molecule has 0 amide bonds. The van der Waals surface area contributed by atoms with E-state index in [1.807, 2.05) is 0 Å². The molecule has 0 N–H and O–H groups in total. The highest BCUT2D eigenvalue weighted by Crippen LogP contribution is 2.04. The van der Waals surface area contributed by atoms with Crippen LogP contribution in [0.3, 0.4) is 0 Å². The number of ketones is 1. The van der Waals surface area contributed by atoms with Gasteiger partial charge in [0.05, 0.1) is 0 Å². The fourth-order valence-corrected chi connectivity index (χ4v) is 1.35. The first-order chi connectivity index (χ1) is 7.04. The molecule has 0 aromatic carbocycles. The molecule has 0 bridgehead atoms. The van der Waals surface area contributed by atoms with Crippen LogP contribution in [-0.2, 0) is 6.54 Å². The minimum atomic E-state index is -0.0414. The third-order valence-corrected chi connectivity index (χ3v) is 2.60. The summed E-state index contributed by atoms with van der Waals surface area (Å²) >= 11 is 0. The molecule has 1 heterocycles. The Balaban J connectivity index is 3.00. The van der Waals surface area contributed by atoms with Crippen LogP contribution in [-0.4, -0.2) is 10.4 Å². The number of pyridine rings is 1. The number of carbonyl (C=O) groups excluding carboxylic acids is 1. The Hall–Kier alpha value is -1.38. The van der Waals surface area contributed by atoms with Crippen LogP contribution in [0.25, 0.3) is 0 Å². The van der Waals surface area contributed by atoms with Crippen LogP contribution >= 0.6 is 0 Å². The molecule has 0 radical (unpaired) electrons. The van der Waals surface area contributed by atoms with Gasteiger partial charge in [-0.15, -0.1) is 0 Å². The van der Waals surface area contributed by atoms with Gasteiger partial charge in [-0.25, -0.2) is 0 Å². The molecule has 0 spiro atoms. The van der Waals surface area contributed by atoms with Crippen LogP contribution in [0.2, 0.25) is 0 Å². The fraction of sp³-hybridized carbons (Fsp3) is 0.500. The SMILES string of the molecule is CCC(C)Cn1cc(C(C)=O)ccc1=O. The maximum atomic E-state index is 11.5. The normalized spacial score (nSPS) is 12.5. The van der Waals surface area contributed by atoms with Crippen LogP contribution in [0, 0.1) is 5.92 Å². The van der Waals surface area contributed by atoms with Crippen molar-refractivity contribution in [2.24, 2.45) is 5.92 Å². The Morgan fingerprint density at radius 3 is 2.67 bits per heavy atom. The number of Topliss-reactive ketones (excluding diaryl/α,β-unsaturated/α-hetero) is 1. The number of carbonyl (C=O) groups is 1. The molecule has 0 aliphatic carbocycles. The van der Waals surface area contributed by atoms with Crippen molar-refractivity contribution in [3.63, 3.8) is 0 Å². The van der Waals surface area contributed by atoms with Gasteiger partial charge in [0.15, 0.2) is 5.78 Å². The molecule has 0 aliphatic rings. The number of aromatic nitrogens is 1. The summed E-state index contributed by atoms with van der Waals surface area (Å²) in [5.74, 6) is 0.442. The van der Waals surface area contributed by atoms with Crippen molar-refractivity contribution in [3.8, 4) is 0 Å². The van der Waals surface area contributed by atoms with Gasteiger partial charge in [-0.2, -0.15) is 0 Å². The summed E-state index contributed by atoms with van der Waals surface area (Å²) in [7, 11) is 0. The van der Waals surface area contributed by atoms with E-state index in [4.69, 9.17) is 0 Å². The van der Waals surface area contributed by atoms with Crippen molar-refractivity contribution in [3.05, 3.63) is 34.2 Å². The molecular weight excluding hydrogens is 190 g/mol. The predicted molar refractivity (Wildman–Crippen MR) is 60.2 cm³/mol. The summed E-state index contributed by atoms with van der Waals surface area (Å²) in [6, 6.07) is 3.04. The molecule has 3 nitrogen and oxygen atoms in total. The highest BCUT2D eigenvalue weighted by molar-refractivity contribution is 5.93. The van der Waals surface area contributed by atoms with E-state index in [2.05, 4.69) is 13.8 Å². The average molecular weight is 207 g/mol. The van der Waals surface area contributed by atoms with E-state index < -0.39 is 0 Å². The van der Waals surface area contributed by atoms with E-state index in [9.17, 15) is 9.59 Å². The van der Waals surface area contributed by atoms with Crippen molar-refractivity contribution < 1.29 is 4.79 Å². The van der Waals surface area contributed by atoms with Crippen LogP contribution in [0.5, 0.6) is 0 Å². The van der Waals surface area contributed by atoms with Crippen LogP contribution in [0.4, 0.5) is 0 Å². The molecule has 1 aromatic heterocycles. The second kappa shape index (κ2) is 4.91. The zero-order chi connectivity index (χ0) is 11.4. The van der Waals surface area contributed by atoms with E-state index in [0.29, 0.717) is 18.0 Å². The molecule has 1 atom stereocenters. The summed E-state index contributed by atoms with van der Waals surface area (Å²) < 4.78 is 1.62. The van der Waals surface area contributed by atoms with Crippen molar-refractivity contribution in [1.29, 1.82) is 0 Å². The zero-order valence-electron chi connectivity index (χ0n) is 9.49. The highest BCUT2D eigenvalue weighted by atomic mass is 16.1. The molecule has 3 heteroatoms. The smallest absolute Gasteiger partial charge is 0.250 e. The number of hydrogen-bond donors (Lipinski definition) is 0. The van der Waals surface area contributed by atoms with Gasteiger partial charge in [0.1, 0.15) is 0 Å². The van der Waals surface area contributed by atoms with E-state index in [1.54, 1.807) is 16.8 Å². The molecular formula is C12H17NO2. The Morgan fingerprint density at radius 2 is 2.13 bits per heavy atom. The van der Waals surface area contributed by atoms with Crippen LogP contribution < -0.4 is 5.56 Å². The van der Waals surface area contributed by atoms with Gasteiger partial charge in [0, 0.05) is 24.4 Å². The van der Waals surface area contributed by atoms with Crippen molar-refractivity contribution in [1.82, 2.24) is 4.57 Å². The fourth-order valence-electron chi connectivity index (χ4n) is 1.35. The van der Waals surface area contributed by atoms with E-state index >= 15 is 0 Å². The summed E-state index contributed by atoms with van der Waals surface area (Å²) in [6.45, 7) is 6.36. The van der Waals surface area contributed by atoms with Crippen LogP contribution in [0.15, 0.2) is 23.1 Å². The lowest BCUT2D eigenvalue weighted by atomic mass is 10.1. The first-order valence-corrected chi connectivity index (χ1v) is 5.26. The molecule has 1 rings (SSSR count). The Morgan fingerprint density at radius 1 is 1.47 bits per heavy atom. The number of rotatable bonds is 4. The Labute approximate surface area is 89.7 Å². The third kappa shape index (κ3) is 3.05. The minimum Gasteiger partial charge on any atom is -0.315 e. The quantitative estimate of drug-likeness (QED) is 0.709. The Kier molecular flexibility index (Phi) is 3.83. The largest absolute Gasteiger partial charge is 0.315 e. The zero-order valence-corrected chi connectivity index (χ0v) is 9.49. The van der Waals surface area contributed by atoms with Crippen molar-refractivity contribution in [2.75, 3.05) is 0 Å². The summed E-state index contributed by atoms with van der Waals surface area (Å²) in [6.07, 6.45) is 2.67. The summed E-state index contributed by atoms with van der Waals surface area (Å²) in [5.41, 5.74) is 0.554. The maximum absolute atomic E-state index is 11.5. The molecule has 0 saturated carbocycles. The second-order valence-electron chi connectivity index (χ2n) is 3.98. The van der Waals surface area contributed by atoms with Gasteiger partial charge < -0.3 is 4.57 Å². The maximum Gasteiger partial charge on any atom is 0.250 e. The van der Waals surface area contributed by atoms with E-state index in [0.717, 1.165) is 6.42 Å². The second-order valence-corrected chi connectivity index (χ2v) is 3.98. The lowest BCUT2D eigenvalue weighted by Gasteiger charge is -2.11. The van der Waals surface area contributed by atoms with Gasteiger partial charge in [0.2, 0.25) is 0 Å². The molecule has 82 valence electrons. The molecule has 1 aromatic rings. The lowest BCUT2D eigenvalue weighted by Crippen LogP contribution is -2.22. The molecule has 1 unspecified atom stereocenters. The number of hydrogen-bond acceptors (Lipinski definition) is 2. The van der Waals surface area contributed by atoms with Gasteiger partial charge in [-0.1, -0.05) is 20.3 Å². The van der Waals surface area contributed by atoms with Gasteiger partial charge in [-0.05, 0) is 18.9 Å². The van der Waals surface area contributed by atoms with Gasteiger partial charge >= 0.3 is 0 Å².